The standard InChI is InChI=1S/C20H22ClN3O2/c1-13-3-8-17(9-14(13)2)23-19(25)11-24-12-22-18(10-20(24)26)15-4-6-16(21)7-5-15/h3-9,18,22H,10-12H2,1-2H3,(H,23,25). The van der Waals surface area contributed by atoms with Gasteiger partial charge in [0.2, 0.25) is 11.8 Å². The highest BCUT2D eigenvalue weighted by atomic mass is 35.5. The molecule has 1 aliphatic rings. The molecule has 1 saturated heterocycles. The van der Waals surface area contributed by atoms with E-state index in [4.69, 9.17) is 11.6 Å². The fraction of sp³-hybridized carbons (Fsp3) is 0.300. The van der Waals surface area contributed by atoms with Gasteiger partial charge in [0.1, 0.15) is 6.54 Å². The molecule has 6 heteroatoms. The van der Waals surface area contributed by atoms with E-state index in [2.05, 4.69) is 10.6 Å². The Kier molecular flexibility index (Phi) is 5.59. The van der Waals surface area contributed by atoms with Crippen molar-refractivity contribution in [2.45, 2.75) is 26.3 Å². The first-order valence-electron chi connectivity index (χ1n) is 8.56. The fourth-order valence-corrected chi connectivity index (χ4v) is 3.08. The van der Waals surface area contributed by atoms with Crippen molar-refractivity contribution < 1.29 is 9.59 Å². The number of carbonyl (C=O) groups excluding carboxylic acids is 2. The summed E-state index contributed by atoms with van der Waals surface area (Å²) < 4.78 is 0. The second kappa shape index (κ2) is 7.89. The molecule has 2 N–H and O–H groups in total. The van der Waals surface area contributed by atoms with Gasteiger partial charge in [-0.15, -0.1) is 0 Å². The summed E-state index contributed by atoms with van der Waals surface area (Å²) in [6.07, 6.45) is 0.318. The Balaban J connectivity index is 1.56. The summed E-state index contributed by atoms with van der Waals surface area (Å²) >= 11 is 5.90. The fourth-order valence-electron chi connectivity index (χ4n) is 2.95. The van der Waals surface area contributed by atoms with Gasteiger partial charge in [0, 0.05) is 23.2 Å². The van der Waals surface area contributed by atoms with Gasteiger partial charge < -0.3 is 10.2 Å². The lowest BCUT2D eigenvalue weighted by Crippen LogP contribution is -2.49. The molecule has 1 fully saturated rings. The van der Waals surface area contributed by atoms with E-state index < -0.39 is 0 Å². The van der Waals surface area contributed by atoms with Crippen molar-refractivity contribution in [2.24, 2.45) is 0 Å². The first-order chi connectivity index (χ1) is 12.4. The van der Waals surface area contributed by atoms with Crippen LogP contribution in [-0.2, 0) is 9.59 Å². The third-order valence-corrected chi connectivity index (χ3v) is 4.91. The molecule has 1 unspecified atom stereocenters. The summed E-state index contributed by atoms with van der Waals surface area (Å²) in [7, 11) is 0. The molecule has 0 radical (unpaired) electrons. The molecular weight excluding hydrogens is 350 g/mol. The van der Waals surface area contributed by atoms with Crippen LogP contribution in [0.5, 0.6) is 0 Å². The predicted molar refractivity (Wildman–Crippen MR) is 103 cm³/mol. The van der Waals surface area contributed by atoms with E-state index in [-0.39, 0.29) is 24.4 Å². The maximum atomic E-state index is 12.4. The van der Waals surface area contributed by atoms with E-state index in [1.165, 1.54) is 10.5 Å². The van der Waals surface area contributed by atoms with E-state index in [1.54, 1.807) is 0 Å². The van der Waals surface area contributed by atoms with Crippen molar-refractivity contribution in [3.05, 3.63) is 64.2 Å². The molecule has 26 heavy (non-hydrogen) atoms. The molecule has 3 rings (SSSR count). The van der Waals surface area contributed by atoms with Crippen LogP contribution in [0, 0.1) is 13.8 Å². The number of benzene rings is 2. The number of hydrogen-bond donors (Lipinski definition) is 2. The van der Waals surface area contributed by atoms with E-state index >= 15 is 0 Å². The third kappa shape index (κ3) is 4.42. The van der Waals surface area contributed by atoms with Crippen LogP contribution in [0.25, 0.3) is 0 Å². The first-order valence-corrected chi connectivity index (χ1v) is 8.94. The Morgan fingerprint density at radius 3 is 2.58 bits per heavy atom. The summed E-state index contributed by atoms with van der Waals surface area (Å²) in [6.45, 7) is 4.40. The molecule has 0 bridgehead atoms. The van der Waals surface area contributed by atoms with Gasteiger partial charge in [-0.25, -0.2) is 0 Å². The van der Waals surface area contributed by atoms with E-state index in [0.29, 0.717) is 18.1 Å². The minimum atomic E-state index is -0.201. The summed E-state index contributed by atoms with van der Waals surface area (Å²) in [5.74, 6) is -0.243. The van der Waals surface area contributed by atoms with Crippen molar-refractivity contribution in [3.63, 3.8) is 0 Å². The zero-order chi connectivity index (χ0) is 18.7. The number of hydrogen-bond acceptors (Lipinski definition) is 3. The molecular formula is C20H22ClN3O2. The van der Waals surface area contributed by atoms with Crippen molar-refractivity contribution in [2.75, 3.05) is 18.5 Å². The van der Waals surface area contributed by atoms with E-state index in [0.717, 1.165) is 16.8 Å². The Morgan fingerprint density at radius 2 is 1.92 bits per heavy atom. The Labute approximate surface area is 158 Å². The van der Waals surface area contributed by atoms with Gasteiger partial charge in [-0.05, 0) is 54.8 Å². The molecule has 2 aromatic carbocycles. The van der Waals surface area contributed by atoms with Crippen molar-refractivity contribution in [1.29, 1.82) is 0 Å². The number of amides is 2. The molecule has 0 spiro atoms. The van der Waals surface area contributed by atoms with Gasteiger partial charge in [-0.3, -0.25) is 14.9 Å². The average Bonchev–Trinajstić information content (AvgIpc) is 2.60. The number of halogens is 1. The maximum absolute atomic E-state index is 12.4. The molecule has 1 heterocycles. The molecule has 136 valence electrons. The van der Waals surface area contributed by atoms with Crippen molar-refractivity contribution in [3.8, 4) is 0 Å². The smallest absolute Gasteiger partial charge is 0.244 e. The largest absolute Gasteiger partial charge is 0.325 e. The molecule has 5 nitrogen and oxygen atoms in total. The molecule has 1 aliphatic heterocycles. The third-order valence-electron chi connectivity index (χ3n) is 4.66. The topological polar surface area (TPSA) is 61.4 Å². The number of anilines is 1. The minimum absolute atomic E-state index is 0.0338. The van der Waals surface area contributed by atoms with Crippen LogP contribution in [0.3, 0.4) is 0 Å². The quantitative estimate of drug-likeness (QED) is 0.865. The second-order valence-electron chi connectivity index (χ2n) is 6.61. The number of carbonyl (C=O) groups is 2. The number of rotatable bonds is 4. The summed E-state index contributed by atoms with van der Waals surface area (Å²) in [4.78, 5) is 26.2. The predicted octanol–water partition coefficient (Wildman–Crippen LogP) is 3.42. The van der Waals surface area contributed by atoms with Crippen LogP contribution in [0.2, 0.25) is 5.02 Å². The Morgan fingerprint density at radius 1 is 1.19 bits per heavy atom. The van der Waals surface area contributed by atoms with Crippen LogP contribution in [0.4, 0.5) is 5.69 Å². The highest BCUT2D eigenvalue weighted by Gasteiger charge is 2.27. The van der Waals surface area contributed by atoms with Gasteiger partial charge in [0.25, 0.3) is 0 Å². The second-order valence-corrected chi connectivity index (χ2v) is 7.05. The Bertz CT molecular complexity index is 820. The van der Waals surface area contributed by atoms with E-state index in [1.807, 2.05) is 56.3 Å². The maximum Gasteiger partial charge on any atom is 0.244 e. The number of aryl methyl sites for hydroxylation is 2. The van der Waals surface area contributed by atoms with Crippen LogP contribution < -0.4 is 10.6 Å². The lowest BCUT2D eigenvalue weighted by molar-refractivity contribution is -0.138. The molecule has 1 atom stereocenters. The van der Waals surface area contributed by atoms with Crippen LogP contribution in [-0.4, -0.2) is 29.9 Å². The molecule has 0 aliphatic carbocycles. The van der Waals surface area contributed by atoms with Gasteiger partial charge in [0.05, 0.1) is 6.67 Å². The zero-order valence-electron chi connectivity index (χ0n) is 14.9. The highest BCUT2D eigenvalue weighted by molar-refractivity contribution is 6.30. The SMILES string of the molecule is Cc1ccc(NC(=O)CN2CNC(c3ccc(Cl)cc3)CC2=O)cc1C. The van der Waals surface area contributed by atoms with Crippen LogP contribution >= 0.6 is 11.6 Å². The summed E-state index contributed by atoms with van der Waals surface area (Å²) in [5.41, 5.74) is 4.05. The lowest BCUT2D eigenvalue weighted by Gasteiger charge is -2.32. The van der Waals surface area contributed by atoms with Crippen molar-refractivity contribution in [1.82, 2.24) is 10.2 Å². The zero-order valence-corrected chi connectivity index (χ0v) is 15.6. The van der Waals surface area contributed by atoms with Gasteiger partial charge in [-0.1, -0.05) is 29.8 Å². The molecule has 0 saturated carbocycles. The van der Waals surface area contributed by atoms with Gasteiger partial charge >= 0.3 is 0 Å². The minimum Gasteiger partial charge on any atom is -0.325 e. The van der Waals surface area contributed by atoms with Crippen molar-refractivity contribution >= 4 is 29.1 Å². The van der Waals surface area contributed by atoms with E-state index in [9.17, 15) is 9.59 Å². The van der Waals surface area contributed by atoms with Crippen LogP contribution in [0.1, 0.15) is 29.2 Å². The first kappa shape index (κ1) is 18.4. The molecule has 0 aromatic heterocycles. The summed E-state index contributed by atoms with van der Waals surface area (Å²) in [6, 6.07) is 13.2. The molecule has 2 aromatic rings. The highest BCUT2D eigenvalue weighted by Crippen LogP contribution is 2.23. The molecule has 2 amide bonds. The average molecular weight is 372 g/mol. The number of nitrogens with zero attached hydrogens (tertiary/aromatic N) is 1. The summed E-state index contributed by atoms with van der Waals surface area (Å²) in [5, 5.41) is 6.82. The van der Waals surface area contributed by atoms with Crippen LogP contribution in [0.15, 0.2) is 42.5 Å². The lowest BCUT2D eigenvalue weighted by atomic mass is 10.0. The number of nitrogens with one attached hydrogen (secondary N) is 2. The van der Waals surface area contributed by atoms with Gasteiger partial charge in [-0.2, -0.15) is 0 Å². The monoisotopic (exact) mass is 371 g/mol. The normalized spacial score (nSPS) is 17.3. The Hall–Kier alpha value is -2.37. The van der Waals surface area contributed by atoms with Gasteiger partial charge in [0.15, 0.2) is 0 Å².